The third-order valence-corrected chi connectivity index (χ3v) is 3.87. The van der Waals surface area contributed by atoms with E-state index < -0.39 is 12.1 Å². The van der Waals surface area contributed by atoms with Crippen LogP contribution in [0.2, 0.25) is 0 Å². The Hall–Kier alpha value is -2.45. The normalized spacial score (nSPS) is 11.6. The molecule has 0 saturated heterocycles. The second kappa shape index (κ2) is 12.0. The number of primary amides is 1. The maximum absolute atomic E-state index is 11.9. The highest BCUT2D eigenvalue weighted by Gasteiger charge is 2.12. The van der Waals surface area contributed by atoms with Crippen molar-refractivity contribution in [3.05, 3.63) is 35.4 Å². The zero-order chi connectivity index (χ0) is 19.4. The minimum Gasteiger partial charge on any atom is -0.392 e. The fourth-order valence-electron chi connectivity index (χ4n) is 2.37. The quantitative estimate of drug-likeness (QED) is 0.330. The van der Waals surface area contributed by atoms with E-state index in [9.17, 15) is 14.4 Å². The average Bonchev–Trinajstić information content (AvgIpc) is 2.62. The smallest absolute Gasteiger partial charge is 0.312 e. The monoisotopic (exact) mass is 364 g/mol. The van der Waals surface area contributed by atoms with Crippen molar-refractivity contribution in [1.82, 2.24) is 10.6 Å². The second-order valence-electron chi connectivity index (χ2n) is 6.12. The van der Waals surface area contributed by atoms with Crippen LogP contribution in [0.4, 0.5) is 4.79 Å². The van der Waals surface area contributed by atoms with Gasteiger partial charge in [0.25, 0.3) is 0 Å². The van der Waals surface area contributed by atoms with Gasteiger partial charge in [0.1, 0.15) is 5.78 Å². The van der Waals surface area contributed by atoms with Crippen molar-refractivity contribution in [1.29, 1.82) is 0 Å². The molecule has 0 aliphatic rings. The molecule has 0 fully saturated rings. The number of carbonyl (C=O) groups is 3. The van der Waals surface area contributed by atoms with Crippen LogP contribution in [-0.4, -0.2) is 42.0 Å². The van der Waals surface area contributed by atoms with Gasteiger partial charge in [-0.3, -0.25) is 9.59 Å². The van der Waals surface area contributed by atoms with Gasteiger partial charge in [-0.2, -0.15) is 0 Å². The summed E-state index contributed by atoms with van der Waals surface area (Å²) in [6, 6.07) is 6.00. The van der Waals surface area contributed by atoms with E-state index in [0.29, 0.717) is 45.2 Å². The molecule has 144 valence electrons. The van der Waals surface area contributed by atoms with Gasteiger partial charge in [-0.25, -0.2) is 4.79 Å². The van der Waals surface area contributed by atoms with Gasteiger partial charge in [0.05, 0.1) is 12.6 Å². The third kappa shape index (κ3) is 9.14. The first kappa shape index (κ1) is 21.6. The number of aliphatic hydroxyl groups excluding tert-OH is 1. The van der Waals surface area contributed by atoms with Crippen LogP contribution in [0.25, 0.3) is 0 Å². The predicted octanol–water partition coefficient (Wildman–Crippen LogP) is -0.0373. The number of carbonyl (C=O) groups excluding carboxylic acids is 3. The lowest BCUT2D eigenvalue weighted by Gasteiger charge is -2.12. The molecule has 1 aromatic rings. The molecule has 0 radical (unpaired) electrons. The molecule has 1 aromatic carbocycles. The molecular formula is C18H28N4O4. The largest absolute Gasteiger partial charge is 0.392 e. The highest BCUT2D eigenvalue weighted by atomic mass is 16.3. The van der Waals surface area contributed by atoms with E-state index in [4.69, 9.17) is 16.6 Å². The van der Waals surface area contributed by atoms with Gasteiger partial charge in [0.2, 0.25) is 5.91 Å². The fraction of sp³-hybridized carbons (Fsp3) is 0.500. The molecule has 0 unspecified atom stereocenters. The molecule has 8 heteroatoms. The van der Waals surface area contributed by atoms with E-state index in [1.54, 1.807) is 12.1 Å². The molecule has 8 nitrogen and oxygen atoms in total. The fourth-order valence-corrected chi connectivity index (χ4v) is 2.37. The Morgan fingerprint density at radius 3 is 2.23 bits per heavy atom. The summed E-state index contributed by atoms with van der Waals surface area (Å²) in [6.07, 6.45) is 2.26. The maximum atomic E-state index is 11.9. The number of amides is 3. The van der Waals surface area contributed by atoms with Crippen LogP contribution >= 0.6 is 0 Å². The minimum absolute atomic E-state index is 0.0162. The number of rotatable bonds is 12. The van der Waals surface area contributed by atoms with Crippen LogP contribution < -0.4 is 22.1 Å². The second-order valence-corrected chi connectivity index (χ2v) is 6.12. The summed E-state index contributed by atoms with van der Waals surface area (Å²) in [7, 11) is 0. The number of urea groups is 1. The van der Waals surface area contributed by atoms with Gasteiger partial charge < -0.3 is 27.2 Å². The third-order valence-electron chi connectivity index (χ3n) is 3.87. The number of Topliss-reactive ketones (excluding diaryl/α,β-unsaturated/α-hetero) is 1. The van der Waals surface area contributed by atoms with Gasteiger partial charge in [0, 0.05) is 25.9 Å². The molecule has 7 N–H and O–H groups in total. The van der Waals surface area contributed by atoms with Crippen LogP contribution in [0.3, 0.4) is 0 Å². The zero-order valence-corrected chi connectivity index (χ0v) is 14.9. The molecule has 1 rings (SSSR count). The Labute approximate surface area is 153 Å². The summed E-state index contributed by atoms with van der Waals surface area (Å²) in [4.78, 5) is 34.3. The van der Waals surface area contributed by atoms with E-state index in [1.807, 2.05) is 12.1 Å². The highest BCUT2D eigenvalue weighted by molar-refractivity contribution is 5.82. The Bertz CT molecular complexity index is 589. The molecule has 0 spiro atoms. The lowest BCUT2D eigenvalue weighted by Crippen LogP contribution is -2.41. The highest BCUT2D eigenvalue weighted by Crippen LogP contribution is 2.07. The molecule has 0 aromatic heterocycles. The lowest BCUT2D eigenvalue weighted by atomic mass is 10.0. The SMILES string of the molecule is NC(=O)NCCC[C@H](N)C(=O)NCCCC(=O)Cc1ccc(CO)cc1. The van der Waals surface area contributed by atoms with E-state index in [-0.39, 0.29) is 18.3 Å². The molecule has 0 heterocycles. The average molecular weight is 364 g/mol. The Kier molecular flexibility index (Phi) is 9.96. The summed E-state index contributed by atoms with van der Waals surface area (Å²) in [5.41, 5.74) is 12.4. The van der Waals surface area contributed by atoms with Crippen molar-refractivity contribution < 1.29 is 19.5 Å². The van der Waals surface area contributed by atoms with Gasteiger partial charge in [-0.05, 0) is 30.4 Å². The summed E-state index contributed by atoms with van der Waals surface area (Å²) < 4.78 is 0. The van der Waals surface area contributed by atoms with Gasteiger partial charge in [-0.1, -0.05) is 24.3 Å². The van der Waals surface area contributed by atoms with E-state index in [0.717, 1.165) is 11.1 Å². The molecule has 0 bridgehead atoms. The first-order chi connectivity index (χ1) is 12.4. The van der Waals surface area contributed by atoms with Crippen molar-refractivity contribution >= 4 is 17.7 Å². The zero-order valence-electron chi connectivity index (χ0n) is 14.9. The van der Waals surface area contributed by atoms with Gasteiger partial charge >= 0.3 is 6.03 Å². The molecular weight excluding hydrogens is 336 g/mol. The van der Waals surface area contributed by atoms with Crippen molar-refractivity contribution in [2.45, 2.75) is 44.8 Å². The van der Waals surface area contributed by atoms with Crippen molar-refractivity contribution in [2.24, 2.45) is 11.5 Å². The summed E-state index contributed by atoms with van der Waals surface area (Å²) in [6.45, 7) is 0.753. The Morgan fingerprint density at radius 2 is 1.62 bits per heavy atom. The maximum Gasteiger partial charge on any atom is 0.312 e. The number of nitrogens with one attached hydrogen (secondary N) is 2. The topological polar surface area (TPSA) is 148 Å². The van der Waals surface area contributed by atoms with Crippen LogP contribution in [-0.2, 0) is 22.6 Å². The van der Waals surface area contributed by atoms with E-state index in [1.165, 1.54) is 0 Å². The Balaban J connectivity index is 2.14. The molecule has 0 saturated carbocycles. The molecule has 1 atom stereocenters. The Morgan fingerprint density at radius 1 is 1.00 bits per heavy atom. The summed E-state index contributed by atoms with van der Waals surface area (Å²) in [5, 5.41) is 14.1. The molecule has 0 aliphatic carbocycles. The van der Waals surface area contributed by atoms with Gasteiger partial charge in [0.15, 0.2) is 0 Å². The predicted molar refractivity (Wildman–Crippen MR) is 98.1 cm³/mol. The number of aliphatic hydroxyl groups is 1. The van der Waals surface area contributed by atoms with Crippen LogP contribution in [0.5, 0.6) is 0 Å². The molecule has 0 aliphatic heterocycles. The van der Waals surface area contributed by atoms with E-state index >= 15 is 0 Å². The first-order valence-corrected chi connectivity index (χ1v) is 8.69. The van der Waals surface area contributed by atoms with Crippen molar-refractivity contribution in [3.8, 4) is 0 Å². The van der Waals surface area contributed by atoms with Crippen molar-refractivity contribution in [3.63, 3.8) is 0 Å². The lowest BCUT2D eigenvalue weighted by molar-refractivity contribution is -0.123. The minimum atomic E-state index is -0.648. The number of ketones is 1. The number of nitrogens with two attached hydrogens (primary N) is 2. The number of benzene rings is 1. The van der Waals surface area contributed by atoms with Crippen LogP contribution in [0, 0.1) is 0 Å². The first-order valence-electron chi connectivity index (χ1n) is 8.69. The molecule has 26 heavy (non-hydrogen) atoms. The number of hydrogen-bond acceptors (Lipinski definition) is 5. The summed E-state index contributed by atoms with van der Waals surface area (Å²) >= 11 is 0. The summed E-state index contributed by atoms with van der Waals surface area (Å²) in [5.74, 6) is -0.172. The molecule has 3 amide bonds. The van der Waals surface area contributed by atoms with Gasteiger partial charge in [-0.15, -0.1) is 0 Å². The van der Waals surface area contributed by atoms with Crippen LogP contribution in [0.1, 0.15) is 36.8 Å². The van der Waals surface area contributed by atoms with Crippen molar-refractivity contribution in [2.75, 3.05) is 13.1 Å². The standard InChI is InChI=1S/C18H28N4O4/c19-16(4-2-10-22-18(20)26)17(25)21-9-1-3-15(24)11-13-5-7-14(12-23)8-6-13/h5-8,16,23H,1-4,9-12,19H2,(H,21,25)(H3,20,22,26)/t16-/m0/s1. The van der Waals surface area contributed by atoms with E-state index in [2.05, 4.69) is 10.6 Å². The van der Waals surface area contributed by atoms with Crippen LogP contribution in [0.15, 0.2) is 24.3 Å². The number of hydrogen-bond donors (Lipinski definition) is 5.